The molecule has 0 spiro atoms. The van der Waals surface area contributed by atoms with Gasteiger partial charge in [0.05, 0.1) is 0 Å². The lowest BCUT2D eigenvalue weighted by Crippen LogP contribution is -2.39. The summed E-state index contributed by atoms with van der Waals surface area (Å²) in [6, 6.07) is 0. The van der Waals surface area contributed by atoms with Crippen molar-refractivity contribution in [3.8, 4) is 0 Å². The van der Waals surface area contributed by atoms with Gasteiger partial charge in [-0.1, -0.05) is 20.8 Å². The fourth-order valence-electron chi connectivity index (χ4n) is 0.711. The predicted molar refractivity (Wildman–Crippen MR) is 51.3 cm³/mol. The van der Waals surface area contributed by atoms with Gasteiger partial charge >= 0.3 is 5.97 Å². The molecule has 0 fully saturated rings. The van der Waals surface area contributed by atoms with Crippen molar-refractivity contribution in [2.45, 2.75) is 53.2 Å². The second-order valence-corrected chi connectivity index (χ2v) is 5.30. The Morgan fingerprint density at radius 1 is 1.15 bits per heavy atom. The Balaban J connectivity index is 4.30. The molecule has 78 valence electrons. The second-order valence-electron chi connectivity index (χ2n) is 5.30. The van der Waals surface area contributed by atoms with Crippen molar-refractivity contribution in [3.63, 3.8) is 0 Å². The quantitative estimate of drug-likeness (QED) is 0.637. The molecule has 0 saturated carbocycles. The van der Waals surface area contributed by atoms with Gasteiger partial charge in [0.15, 0.2) is 6.10 Å². The highest BCUT2D eigenvalue weighted by molar-refractivity contribution is 5.75. The molecule has 0 amide bonds. The topological polar surface area (TPSA) is 46.5 Å². The zero-order chi connectivity index (χ0) is 10.9. The maximum atomic E-state index is 11.3. The molecule has 0 rings (SSSR count). The Morgan fingerprint density at radius 3 is 1.77 bits per heavy atom. The van der Waals surface area contributed by atoms with E-state index in [4.69, 9.17) is 4.74 Å². The molecule has 1 atom stereocenters. The molecule has 0 radical (unpaired) electrons. The average Bonchev–Trinajstić information content (AvgIpc) is 1.79. The van der Waals surface area contributed by atoms with Crippen molar-refractivity contribution in [1.29, 1.82) is 0 Å². The molecule has 0 aromatic heterocycles. The third kappa shape index (κ3) is 4.88. The Kier molecular flexibility index (Phi) is 3.50. The highest BCUT2D eigenvalue weighted by Crippen LogP contribution is 2.21. The average molecular weight is 188 g/mol. The van der Waals surface area contributed by atoms with Gasteiger partial charge in [0.2, 0.25) is 0 Å². The lowest BCUT2D eigenvalue weighted by atomic mass is 9.89. The first-order valence-electron chi connectivity index (χ1n) is 4.45. The number of esters is 1. The Bertz CT molecular complexity index is 183. The molecule has 0 aromatic rings. The zero-order valence-electron chi connectivity index (χ0n) is 9.34. The summed E-state index contributed by atoms with van der Waals surface area (Å²) < 4.78 is 5.04. The lowest BCUT2D eigenvalue weighted by molar-refractivity contribution is -0.170. The van der Waals surface area contributed by atoms with Crippen molar-refractivity contribution in [3.05, 3.63) is 0 Å². The van der Waals surface area contributed by atoms with Gasteiger partial charge in [-0.15, -0.1) is 0 Å². The van der Waals surface area contributed by atoms with E-state index in [2.05, 4.69) is 0 Å². The maximum Gasteiger partial charge on any atom is 0.336 e. The predicted octanol–water partition coefficient (Wildman–Crippen LogP) is 1.74. The minimum Gasteiger partial charge on any atom is -0.458 e. The minimum atomic E-state index is -1.06. The minimum absolute atomic E-state index is 0.470. The van der Waals surface area contributed by atoms with E-state index in [1.165, 1.54) is 0 Å². The molecule has 0 aromatic carbocycles. The number of hydrogen-bond acceptors (Lipinski definition) is 3. The summed E-state index contributed by atoms with van der Waals surface area (Å²) in [7, 11) is 0. The van der Waals surface area contributed by atoms with Crippen molar-refractivity contribution < 1.29 is 14.6 Å². The van der Waals surface area contributed by atoms with Gasteiger partial charge in [-0.05, 0) is 26.2 Å². The smallest absolute Gasteiger partial charge is 0.336 e. The molecule has 0 aliphatic heterocycles. The number of hydrogen-bond donors (Lipinski definition) is 1. The third-order valence-electron chi connectivity index (χ3n) is 1.45. The summed E-state index contributed by atoms with van der Waals surface area (Å²) in [5.41, 5.74) is -1.01. The molecule has 0 aliphatic rings. The molecule has 3 nitrogen and oxygen atoms in total. The molecular formula is C10H20O3. The summed E-state index contributed by atoms with van der Waals surface area (Å²) in [6.07, 6.45) is -1.06. The highest BCUT2D eigenvalue weighted by atomic mass is 16.6. The van der Waals surface area contributed by atoms with Gasteiger partial charge in [0, 0.05) is 0 Å². The molecule has 3 heteroatoms. The van der Waals surface area contributed by atoms with Crippen LogP contribution < -0.4 is 0 Å². The number of ether oxygens (including phenoxy) is 1. The Morgan fingerprint density at radius 2 is 1.54 bits per heavy atom. The normalized spacial score (nSPS) is 15.3. The fourth-order valence-corrected chi connectivity index (χ4v) is 0.711. The van der Waals surface area contributed by atoms with Crippen molar-refractivity contribution in [2.24, 2.45) is 5.41 Å². The molecule has 1 unspecified atom stereocenters. The van der Waals surface area contributed by atoms with Crippen molar-refractivity contribution in [2.75, 3.05) is 0 Å². The molecule has 0 bridgehead atoms. The number of aliphatic hydroxyl groups excluding tert-OH is 1. The van der Waals surface area contributed by atoms with E-state index in [1.54, 1.807) is 41.5 Å². The number of aliphatic hydroxyl groups is 1. The van der Waals surface area contributed by atoms with Gasteiger partial charge in [0.1, 0.15) is 5.60 Å². The zero-order valence-corrected chi connectivity index (χ0v) is 9.34. The van der Waals surface area contributed by atoms with Gasteiger partial charge in [-0.25, -0.2) is 4.79 Å². The molecule has 1 N–H and O–H groups in total. The van der Waals surface area contributed by atoms with Gasteiger partial charge in [0.25, 0.3) is 0 Å². The van der Waals surface area contributed by atoms with E-state index in [1.807, 2.05) is 0 Å². The number of carbonyl (C=O) groups excluding carboxylic acids is 1. The van der Waals surface area contributed by atoms with Gasteiger partial charge in [-0.3, -0.25) is 0 Å². The first-order valence-corrected chi connectivity index (χ1v) is 4.45. The second kappa shape index (κ2) is 3.66. The summed E-state index contributed by atoms with van der Waals surface area (Å²) >= 11 is 0. The van der Waals surface area contributed by atoms with Crippen LogP contribution in [0.3, 0.4) is 0 Å². The Labute approximate surface area is 80.1 Å². The summed E-state index contributed by atoms with van der Waals surface area (Å²) in [5, 5.41) is 9.54. The van der Waals surface area contributed by atoms with E-state index in [0.29, 0.717) is 0 Å². The van der Waals surface area contributed by atoms with Crippen LogP contribution in [0.4, 0.5) is 0 Å². The van der Waals surface area contributed by atoms with E-state index in [0.717, 1.165) is 0 Å². The third-order valence-corrected chi connectivity index (χ3v) is 1.45. The van der Waals surface area contributed by atoms with Crippen LogP contribution in [0.2, 0.25) is 0 Å². The van der Waals surface area contributed by atoms with Gasteiger partial charge < -0.3 is 9.84 Å². The van der Waals surface area contributed by atoms with Crippen LogP contribution in [0.15, 0.2) is 0 Å². The van der Waals surface area contributed by atoms with Gasteiger partial charge in [-0.2, -0.15) is 0 Å². The van der Waals surface area contributed by atoms with E-state index < -0.39 is 23.1 Å². The van der Waals surface area contributed by atoms with Crippen molar-refractivity contribution >= 4 is 5.97 Å². The largest absolute Gasteiger partial charge is 0.458 e. The summed E-state index contributed by atoms with van der Waals surface area (Å²) in [5.74, 6) is -0.556. The van der Waals surface area contributed by atoms with Crippen LogP contribution in [-0.2, 0) is 9.53 Å². The van der Waals surface area contributed by atoms with Crippen LogP contribution in [0.1, 0.15) is 41.5 Å². The van der Waals surface area contributed by atoms with Crippen LogP contribution in [0, 0.1) is 5.41 Å². The molecule has 0 aliphatic carbocycles. The number of carbonyl (C=O) groups is 1. The van der Waals surface area contributed by atoms with E-state index in [-0.39, 0.29) is 0 Å². The highest BCUT2D eigenvalue weighted by Gasteiger charge is 2.32. The summed E-state index contributed by atoms with van der Waals surface area (Å²) in [6.45, 7) is 10.7. The molecule has 0 saturated heterocycles. The first kappa shape index (κ1) is 12.4. The molecule has 13 heavy (non-hydrogen) atoms. The van der Waals surface area contributed by atoms with E-state index >= 15 is 0 Å². The maximum absolute atomic E-state index is 11.3. The van der Waals surface area contributed by atoms with Crippen LogP contribution >= 0.6 is 0 Å². The molecular weight excluding hydrogens is 168 g/mol. The first-order chi connectivity index (χ1) is 5.54. The van der Waals surface area contributed by atoms with Crippen LogP contribution in [0.5, 0.6) is 0 Å². The Hall–Kier alpha value is -0.570. The molecule has 0 heterocycles. The lowest BCUT2D eigenvalue weighted by Gasteiger charge is -2.28. The summed E-state index contributed by atoms with van der Waals surface area (Å²) in [4.78, 5) is 11.3. The van der Waals surface area contributed by atoms with Crippen LogP contribution in [0.25, 0.3) is 0 Å². The fraction of sp³-hybridized carbons (Fsp3) is 0.900. The SMILES string of the molecule is CC(C)(C)OC(=O)C(O)C(C)(C)C. The van der Waals surface area contributed by atoms with Crippen LogP contribution in [-0.4, -0.2) is 22.8 Å². The monoisotopic (exact) mass is 188 g/mol. The number of rotatable bonds is 1. The van der Waals surface area contributed by atoms with E-state index in [9.17, 15) is 9.90 Å². The van der Waals surface area contributed by atoms with Crippen molar-refractivity contribution in [1.82, 2.24) is 0 Å². The standard InChI is InChI=1S/C10H20O3/c1-9(2,3)7(11)8(12)13-10(4,5)6/h7,11H,1-6H3.